The number of nitrogens with one attached hydrogen (secondary N) is 1. The van der Waals surface area contributed by atoms with Gasteiger partial charge in [0.05, 0.1) is 4.90 Å². The highest BCUT2D eigenvalue weighted by molar-refractivity contribution is 7.72. The minimum absolute atomic E-state index is 0.317. The van der Waals surface area contributed by atoms with Crippen molar-refractivity contribution in [2.24, 2.45) is 0 Å². The standard InChI is InChI=1S/C16H22N2O4S/c1-16(2,3)22-15(19)17-8-4-9-18-10-7-12-11-13(23(20)21)5-6-14(12)18/h5-7,10-11,23H,4,8-9H2,1-3H3,(H,17,19). The fourth-order valence-electron chi connectivity index (χ4n) is 2.25. The Balaban J connectivity index is 1.89. The lowest BCUT2D eigenvalue weighted by molar-refractivity contribution is 0.0526. The Morgan fingerprint density at radius 2 is 2.00 bits per heavy atom. The van der Waals surface area contributed by atoms with Crippen LogP contribution in [0, 0.1) is 0 Å². The molecule has 0 aliphatic heterocycles. The average Bonchev–Trinajstić information content (AvgIpc) is 2.84. The van der Waals surface area contributed by atoms with E-state index in [-0.39, 0.29) is 0 Å². The molecular weight excluding hydrogens is 316 g/mol. The molecule has 1 heterocycles. The third-order valence-electron chi connectivity index (χ3n) is 3.21. The maximum absolute atomic E-state index is 11.5. The van der Waals surface area contributed by atoms with Gasteiger partial charge in [-0.25, -0.2) is 13.2 Å². The molecule has 2 aromatic rings. The number of benzene rings is 1. The summed E-state index contributed by atoms with van der Waals surface area (Å²) in [6, 6.07) is 6.95. The van der Waals surface area contributed by atoms with Gasteiger partial charge in [0.1, 0.15) is 5.60 Å². The molecule has 126 valence electrons. The number of aromatic nitrogens is 1. The van der Waals surface area contributed by atoms with E-state index in [1.165, 1.54) is 0 Å². The Bertz CT molecular complexity index is 764. The summed E-state index contributed by atoms with van der Waals surface area (Å²) in [5.41, 5.74) is 0.476. The molecule has 0 saturated heterocycles. The van der Waals surface area contributed by atoms with E-state index < -0.39 is 22.4 Å². The van der Waals surface area contributed by atoms with E-state index in [4.69, 9.17) is 4.74 Å². The Kier molecular flexibility index (Phi) is 5.30. The molecule has 23 heavy (non-hydrogen) atoms. The van der Waals surface area contributed by atoms with Crippen molar-refractivity contribution in [3.8, 4) is 0 Å². The van der Waals surface area contributed by atoms with Crippen molar-refractivity contribution in [3.05, 3.63) is 30.5 Å². The molecule has 6 nitrogen and oxygen atoms in total. The highest BCUT2D eigenvalue weighted by Crippen LogP contribution is 2.18. The van der Waals surface area contributed by atoms with Gasteiger partial charge in [0, 0.05) is 30.2 Å². The van der Waals surface area contributed by atoms with Crippen molar-refractivity contribution in [1.29, 1.82) is 0 Å². The van der Waals surface area contributed by atoms with Gasteiger partial charge in [-0.05, 0) is 51.5 Å². The summed E-state index contributed by atoms with van der Waals surface area (Å²) in [4.78, 5) is 11.9. The topological polar surface area (TPSA) is 77.4 Å². The van der Waals surface area contributed by atoms with Crippen molar-refractivity contribution in [1.82, 2.24) is 9.88 Å². The van der Waals surface area contributed by atoms with E-state index in [1.54, 1.807) is 18.2 Å². The molecular formula is C16H22N2O4S. The van der Waals surface area contributed by atoms with Gasteiger partial charge >= 0.3 is 6.09 Å². The SMILES string of the molecule is CC(C)(C)OC(=O)NCCCn1ccc2cc([SH](=O)=O)ccc21. The number of fused-ring (bicyclic) bond motifs is 1. The van der Waals surface area contributed by atoms with Gasteiger partial charge in [0.25, 0.3) is 0 Å². The van der Waals surface area contributed by atoms with Gasteiger partial charge in [0.15, 0.2) is 10.7 Å². The number of hydrogen-bond donors (Lipinski definition) is 2. The fraction of sp³-hybridized carbons (Fsp3) is 0.438. The summed E-state index contributed by atoms with van der Waals surface area (Å²) < 4.78 is 29.2. The molecule has 0 spiro atoms. The number of carbonyl (C=O) groups excluding carboxylic acids is 1. The molecule has 2 rings (SSSR count). The Labute approximate surface area is 137 Å². The van der Waals surface area contributed by atoms with Crippen LogP contribution in [0.4, 0.5) is 4.79 Å². The van der Waals surface area contributed by atoms with Crippen LogP contribution in [0.1, 0.15) is 27.2 Å². The molecule has 0 aliphatic rings. The maximum Gasteiger partial charge on any atom is 0.407 e. The zero-order valence-electron chi connectivity index (χ0n) is 13.5. The third-order valence-corrected chi connectivity index (χ3v) is 3.91. The van der Waals surface area contributed by atoms with Gasteiger partial charge in [0.2, 0.25) is 0 Å². The zero-order valence-corrected chi connectivity index (χ0v) is 14.4. The van der Waals surface area contributed by atoms with Crippen LogP contribution in [-0.2, 0) is 22.0 Å². The number of alkyl carbamates (subject to hydrolysis) is 1. The van der Waals surface area contributed by atoms with Crippen molar-refractivity contribution >= 4 is 27.7 Å². The van der Waals surface area contributed by atoms with E-state index in [2.05, 4.69) is 5.32 Å². The van der Waals surface area contributed by atoms with Crippen molar-refractivity contribution in [2.45, 2.75) is 44.2 Å². The number of amides is 1. The predicted molar refractivity (Wildman–Crippen MR) is 89.4 cm³/mol. The van der Waals surface area contributed by atoms with Crippen molar-refractivity contribution < 1.29 is 17.9 Å². The summed E-state index contributed by atoms with van der Waals surface area (Å²) >= 11 is 0. The van der Waals surface area contributed by atoms with E-state index in [9.17, 15) is 13.2 Å². The molecule has 1 N–H and O–H groups in total. The predicted octanol–water partition coefficient (Wildman–Crippen LogP) is 2.53. The minimum Gasteiger partial charge on any atom is -0.444 e. The molecule has 0 aliphatic carbocycles. The smallest absolute Gasteiger partial charge is 0.407 e. The maximum atomic E-state index is 11.5. The summed E-state index contributed by atoms with van der Waals surface area (Å²) in [7, 11) is -2.56. The van der Waals surface area contributed by atoms with Gasteiger partial charge in [-0.3, -0.25) is 0 Å². The molecule has 7 heteroatoms. The molecule has 1 aromatic heterocycles. The van der Waals surface area contributed by atoms with Gasteiger partial charge < -0.3 is 14.6 Å². The lowest BCUT2D eigenvalue weighted by Crippen LogP contribution is -2.33. The fourth-order valence-corrected chi connectivity index (χ4v) is 2.69. The summed E-state index contributed by atoms with van der Waals surface area (Å²) in [6.45, 7) is 6.70. The molecule has 1 aromatic carbocycles. The number of nitrogens with zero attached hydrogens (tertiary/aromatic N) is 1. The lowest BCUT2D eigenvalue weighted by atomic mass is 10.2. The quantitative estimate of drug-likeness (QED) is 0.649. The molecule has 0 radical (unpaired) electrons. The zero-order chi connectivity index (χ0) is 17.0. The molecule has 0 atom stereocenters. The molecule has 1 amide bonds. The van der Waals surface area contributed by atoms with E-state index >= 15 is 0 Å². The van der Waals surface area contributed by atoms with Crippen LogP contribution < -0.4 is 5.32 Å². The monoisotopic (exact) mass is 338 g/mol. The number of ether oxygens (including phenoxy) is 1. The first kappa shape index (κ1) is 17.3. The number of aryl methyl sites for hydroxylation is 1. The lowest BCUT2D eigenvalue weighted by Gasteiger charge is -2.19. The molecule has 0 unspecified atom stereocenters. The second-order valence-electron chi connectivity index (χ2n) is 6.29. The van der Waals surface area contributed by atoms with Crippen LogP contribution in [0.2, 0.25) is 0 Å². The average molecular weight is 338 g/mol. The number of thiol groups is 1. The van der Waals surface area contributed by atoms with Crippen LogP contribution in [0.15, 0.2) is 35.4 Å². The first-order chi connectivity index (χ1) is 10.8. The highest BCUT2D eigenvalue weighted by Gasteiger charge is 2.15. The summed E-state index contributed by atoms with van der Waals surface area (Å²) in [5, 5.41) is 3.61. The van der Waals surface area contributed by atoms with Gasteiger partial charge in [-0.15, -0.1) is 0 Å². The van der Waals surface area contributed by atoms with Crippen LogP contribution in [0.3, 0.4) is 0 Å². The van der Waals surface area contributed by atoms with Crippen LogP contribution in [0.25, 0.3) is 10.9 Å². The second kappa shape index (κ2) is 7.04. The Morgan fingerprint density at radius 3 is 2.65 bits per heavy atom. The number of carbonyl (C=O) groups is 1. The molecule has 0 bridgehead atoms. The van der Waals surface area contributed by atoms with Crippen LogP contribution >= 0.6 is 0 Å². The first-order valence-corrected chi connectivity index (χ1v) is 8.64. The van der Waals surface area contributed by atoms with Crippen LogP contribution in [0.5, 0.6) is 0 Å². The molecule has 0 saturated carbocycles. The van der Waals surface area contributed by atoms with Crippen LogP contribution in [-0.4, -0.2) is 31.2 Å². The number of rotatable bonds is 5. The second-order valence-corrected chi connectivity index (χ2v) is 7.32. The number of hydrogen-bond acceptors (Lipinski definition) is 4. The van der Waals surface area contributed by atoms with E-state index in [1.807, 2.05) is 37.6 Å². The van der Waals surface area contributed by atoms with Crippen molar-refractivity contribution in [2.75, 3.05) is 6.54 Å². The van der Waals surface area contributed by atoms with Gasteiger partial charge in [-0.2, -0.15) is 0 Å². The van der Waals surface area contributed by atoms with Gasteiger partial charge in [-0.1, -0.05) is 0 Å². The third kappa shape index (κ3) is 4.99. The molecule has 0 fully saturated rings. The summed E-state index contributed by atoms with van der Waals surface area (Å²) in [5.74, 6) is 0. The Hall–Kier alpha value is -2.02. The van der Waals surface area contributed by atoms with Crippen molar-refractivity contribution in [3.63, 3.8) is 0 Å². The largest absolute Gasteiger partial charge is 0.444 e. The van der Waals surface area contributed by atoms with E-state index in [0.29, 0.717) is 11.4 Å². The minimum atomic E-state index is -2.56. The Morgan fingerprint density at radius 1 is 1.26 bits per heavy atom. The van der Waals surface area contributed by atoms with E-state index in [0.717, 1.165) is 23.9 Å². The normalized spacial score (nSPS) is 11.8. The first-order valence-electron chi connectivity index (χ1n) is 7.46. The highest BCUT2D eigenvalue weighted by atomic mass is 32.2. The summed E-state index contributed by atoms with van der Waals surface area (Å²) in [6.07, 6.45) is 2.25.